The van der Waals surface area contributed by atoms with Crippen LogP contribution in [0, 0.1) is 0 Å². The van der Waals surface area contributed by atoms with Gasteiger partial charge in [-0.1, -0.05) is 0 Å². The number of ether oxygens (including phenoxy) is 1. The van der Waals surface area contributed by atoms with Gasteiger partial charge in [-0.25, -0.2) is 0 Å². The average molecular weight is 367 g/mol. The molecule has 0 unspecified atom stereocenters. The highest BCUT2D eigenvalue weighted by Crippen LogP contribution is 2.22. The summed E-state index contributed by atoms with van der Waals surface area (Å²) in [6.07, 6.45) is 3.12. The standard InChI is InChI=1S/C22H29N3O2/c1-17(2)27-21-11-7-19(8-12-21)24-22(26)13-14-23-18-5-9-20(10-6-18)25-15-3-4-16-25/h5-12,17,23H,3-4,13-16H2,1-2H3,(H,24,26). The van der Waals surface area contributed by atoms with Gasteiger partial charge in [-0.2, -0.15) is 0 Å². The molecule has 0 aliphatic carbocycles. The molecule has 0 aromatic heterocycles. The van der Waals surface area contributed by atoms with Gasteiger partial charge in [0.2, 0.25) is 5.91 Å². The third-order valence-electron chi connectivity index (χ3n) is 4.53. The van der Waals surface area contributed by atoms with Crippen molar-refractivity contribution in [2.45, 2.75) is 39.2 Å². The van der Waals surface area contributed by atoms with Crippen LogP contribution in [-0.2, 0) is 4.79 Å². The first-order valence-corrected chi connectivity index (χ1v) is 9.75. The zero-order valence-corrected chi connectivity index (χ0v) is 16.2. The van der Waals surface area contributed by atoms with Gasteiger partial charge < -0.3 is 20.3 Å². The van der Waals surface area contributed by atoms with Crippen LogP contribution < -0.4 is 20.3 Å². The molecule has 0 saturated carbocycles. The van der Waals surface area contributed by atoms with Crippen LogP contribution in [0.1, 0.15) is 33.1 Å². The highest BCUT2D eigenvalue weighted by Gasteiger charge is 2.11. The Labute approximate surface area is 161 Å². The Morgan fingerprint density at radius 3 is 2.26 bits per heavy atom. The zero-order chi connectivity index (χ0) is 19.1. The third kappa shape index (κ3) is 5.91. The number of benzene rings is 2. The van der Waals surface area contributed by atoms with Crippen LogP contribution in [0.4, 0.5) is 17.1 Å². The van der Waals surface area contributed by atoms with Gasteiger partial charge in [0, 0.05) is 43.1 Å². The van der Waals surface area contributed by atoms with Gasteiger partial charge in [0.05, 0.1) is 6.10 Å². The van der Waals surface area contributed by atoms with Crippen molar-refractivity contribution in [1.82, 2.24) is 0 Å². The monoisotopic (exact) mass is 367 g/mol. The first-order chi connectivity index (χ1) is 13.1. The number of carbonyl (C=O) groups excluding carboxylic acids is 1. The first kappa shape index (κ1) is 19.1. The van der Waals surface area contributed by atoms with Crippen LogP contribution >= 0.6 is 0 Å². The highest BCUT2D eigenvalue weighted by molar-refractivity contribution is 5.91. The summed E-state index contributed by atoms with van der Waals surface area (Å²) in [5, 5.41) is 6.22. The largest absolute Gasteiger partial charge is 0.491 e. The third-order valence-corrected chi connectivity index (χ3v) is 4.53. The Morgan fingerprint density at radius 1 is 1.00 bits per heavy atom. The molecule has 5 heteroatoms. The molecule has 2 aromatic rings. The lowest BCUT2D eigenvalue weighted by Gasteiger charge is -2.18. The highest BCUT2D eigenvalue weighted by atomic mass is 16.5. The molecule has 2 N–H and O–H groups in total. The van der Waals surface area contributed by atoms with Gasteiger partial charge in [0.25, 0.3) is 0 Å². The molecule has 3 rings (SSSR count). The normalized spacial score (nSPS) is 13.7. The smallest absolute Gasteiger partial charge is 0.226 e. The van der Waals surface area contributed by atoms with Crippen LogP contribution in [-0.4, -0.2) is 31.6 Å². The molecule has 0 spiro atoms. The van der Waals surface area contributed by atoms with Crippen molar-refractivity contribution in [3.63, 3.8) is 0 Å². The van der Waals surface area contributed by atoms with E-state index >= 15 is 0 Å². The molecule has 1 aliphatic rings. The molecule has 0 bridgehead atoms. The van der Waals surface area contributed by atoms with Crippen LogP contribution in [0.3, 0.4) is 0 Å². The van der Waals surface area contributed by atoms with E-state index in [-0.39, 0.29) is 12.0 Å². The Bertz CT molecular complexity index is 720. The Balaban J connectivity index is 1.40. The molecule has 1 fully saturated rings. The number of amides is 1. The topological polar surface area (TPSA) is 53.6 Å². The maximum Gasteiger partial charge on any atom is 0.226 e. The van der Waals surface area contributed by atoms with E-state index in [1.54, 1.807) is 0 Å². The second-order valence-corrected chi connectivity index (χ2v) is 7.16. The van der Waals surface area contributed by atoms with Gasteiger partial charge >= 0.3 is 0 Å². The number of hydrogen-bond donors (Lipinski definition) is 2. The lowest BCUT2D eigenvalue weighted by molar-refractivity contribution is -0.115. The van der Waals surface area contributed by atoms with E-state index in [1.165, 1.54) is 18.5 Å². The van der Waals surface area contributed by atoms with Crippen molar-refractivity contribution in [1.29, 1.82) is 0 Å². The second kappa shape index (κ2) is 9.31. The van der Waals surface area contributed by atoms with E-state index in [9.17, 15) is 4.79 Å². The van der Waals surface area contributed by atoms with E-state index < -0.39 is 0 Å². The van der Waals surface area contributed by atoms with E-state index in [1.807, 2.05) is 38.1 Å². The van der Waals surface area contributed by atoms with Crippen LogP contribution in [0.25, 0.3) is 0 Å². The minimum atomic E-state index is -0.00582. The van der Waals surface area contributed by atoms with Gasteiger partial charge in [-0.3, -0.25) is 4.79 Å². The number of carbonyl (C=O) groups is 1. The number of rotatable bonds is 8. The van der Waals surface area contributed by atoms with E-state index in [4.69, 9.17) is 4.74 Å². The van der Waals surface area contributed by atoms with Gasteiger partial charge in [0.1, 0.15) is 5.75 Å². The maximum absolute atomic E-state index is 12.1. The summed E-state index contributed by atoms with van der Waals surface area (Å²) in [7, 11) is 0. The summed E-state index contributed by atoms with van der Waals surface area (Å²) in [5.41, 5.74) is 3.10. The predicted molar refractivity (Wildman–Crippen MR) is 112 cm³/mol. The number of anilines is 3. The SMILES string of the molecule is CC(C)Oc1ccc(NC(=O)CCNc2ccc(N3CCCC3)cc2)cc1. The van der Waals surface area contributed by atoms with Crippen LogP contribution in [0.15, 0.2) is 48.5 Å². The summed E-state index contributed by atoms with van der Waals surface area (Å²) >= 11 is 0. The molecule has 1 heterocycles. The van der Waals surface area contributed by atoms with Crippen LogP contribution in [0.5, 0.6) is 5.75 Å². The predicted octanol–water partition coefficient (Wildman–Crippen LogP) is 4.51. The lowest BCUT2D eigenvalue weighted by Crippen LogP contribution is -2.17. The van der Waals surface area contributed by atoms with Crippen molar-refractivity contribution in [2.75, 3.05) is 35.2 Å². The summed E-state index contributed by atoms with van der Waals surface area (Å²) in [6, 6.07) is 15.9. The minimum absolute atomic E-state index is 0.00582. The van der Waals surface area contributed by atoms with Crippen molar-refractivity contribution >= 4 is 23.0 Å². The Hall–Kier alpha value is -2.69. The van der Waals surface area contributed by atoms with E-state index in [0.29, 0.717) is 13.0 Å². The zero-order valence-electron chi connectivity index (χ0n) is 16.2. The summed E-state index contributed by atoms with van der Waals surface area (Å²) in [4.78, 5) is 14.5. The molecule has 5 nitrogen and oxygen atoms in total. The summed E-state index contributed by atoms with van der Waals surface area (Å²) in [5.74, 6) is 0.802. The molecular formula is C22H29N3O2. The quantitative estimate of drug-likeness (QED) is 0.720. The molecule has 1 aliphatic heterocycles. The average Bonchev–Trinajstić information content (AvgIpc) is 3.18. The lowest BCUT2D eigenvalue weighted by atomic mass is 10.2. The molecule has 1 saturated heterocycles. The van der Waals surface area contributed by atoms with Gasteiger partial charge in [-0.15, -0.1) is 0 Å². The first-order valence-electron chi connectivity index (χ1n) is 9.75. The van der Waals surface area contributed by atoms with Crippen molar-refractivity contribution in [3.8, 4) is 5.75 Å². The summed E-state index contributed by atoms with van der Waals surface area (Å²) < 4.78 is 5.60. The van der Waals surface area contributed by atoms with Crippen molar-refractivity contribution in [3.05, 3.63) is 48.5 Å². The van der Waals surface area contributed by atoms with Gasteiger partial charge in [0.15, 0.2) is 0 Å². The Kier molecular flexibility index (Phi) is 6.58. The van der Waals surface area contributed by atoms with Crippen molar-refractivity contribution in [2.24, 2.45) is 0 Å². The van der Waals surface area contributed by atoms with Crippen molar-refractivity contribution < 1.29 is 9.53 Å². The minimum Gasteiger partial charge on any atom is -0.491 e. The molecule has 1 amide bonds. The van der Waals surface area contributed by atoms with E-state index in [0.717, 1.165) is 30.2 Å². The number of hydrogen-bond acceptors (Lipinski definition) is 4. The molecule has 2 aromatic carbocycles. The fraction of sp³-hybridized carbons (Fsp3) is 0.409. The molecule has 0 atom stereocenters. The van der Waals surface area contributed by atoms with E-state index in [2.05, 4.69) is 39.8 Å². The fourth-order valence-corrected chi connectivity index (χ4v) is 3.20. The molecule has 0 radical (unpaired) electrons. The maximum atomic E-state index is 12.1. The fourth-order valence-electron chi connectivity index (χ4n) is 3.20. The summed E-state index contributed by atoms with van der Waals surface area (Å²) in [6.45, 7) is 6.88. The number of nitrogens with one attached hydrogen (secondary N) is 2. The van der Waals surface area contributed by atoms with Gasteiger partial charge in [-0.05, 0) is 75.2 Å². The van der Waals surface area contributed by atoms with Crippen LogP contribution in [0.2, 0.25) is 0 Å². The molecule has 144 valence electrons. The molecule has 27 heavy (non-hydrogen) atoms. The Morgan fingerprint density at radius 2 is 1.63 bits per heavy atom. The molecular weight excluding hydrogens is 338 g/mol. The second-order valence-electron chi connectivity index (χ2n) is 7.16. The number of nitrogens with zero attached hydrogens (tertiary/aromatic N) is 1.